The maximum absolute atomic E-state index is 12.2. The lowest BCUT2D eigenvalue weighted by atomic mass is 10.2. The van der Waals surface area contributed by atoms with Crippen molar-refractivity contribution in [1.29, 1.82) is 0 Å². The van der Waals surface area contributed by atoms with Gasteiger partial charge in [0, 0.05) is 9.50 Å². The predicted octanol–water partition coefficient (Wildman–Crippen LogP) is 4.79. The van der Waals surface area contributed by atoms with Crippen molar-refractivity contribution in [2.75, 3.05) is 7.11 Å². The highest BCUT2D eigenvalue weighted by atomic mass is 79.9. The summed E-state index contributed by atoms with van der Waals surface area (Å²) in [6.45, 7) is 0. The molecule has 0 saturated heterocycles. The van der Waals surface area contributed by atoms with E-state index in [9.17, 15) is 9.90 Å². The van der Waals surface area contributed by atoms with Crippen LogP contribution in [0.5, 0.6) is 11.5 Å². The second-order valence-corrected chi connectivity index (χ2v) is 6.81. The van der Waals surface area contributed by atoms with Crippen molar-refractivity contribution in [2.24, 2.45) is 0 Å². The highest BCUT2D eigenvalue weighted by molar-refractivity contribution is 9.10. The number of nitrogens with zero attached hydrogens (tertiary/aromatic N) is 1. The van der Waals surface area contributed by atoms with E-state index in [2.05, 4.69) is 25.9 Å². The number of hydrogen-bond donors (Lipinski definition) is 2. The van der Waals surface area contributed by atoms with E-state index in [1.807, 2.05) is 0 Å². The number of phenols is 1. The van der Waals surface area contributed by atoms with Crippen LogP contribution in [0, 0.1) is 0 Å². The van der Waals surface area contributed by atoms with Crippen LogP contribution >= 0.6 is 39.1 Å². The fraction of sp³-hybridized carbons (Fsp3) is 0.0588. The number of phenolic OH excluding ortho intramolecular Hbond substituents is 1. The van der Waals surface area contributed by atoms with Crippen LogP contribution < -0.4 is 10.3 Å². The number of benzene rings is 2. The zero-order valence-corrected chi connectivity index (χ0v) is 15.9. The summed E-state index contributed by atoms with van der Waals surface area (Å²) in [7, 11) is 1.45. The summed E-state index contributed by atoms with van der Waals surface area (Å²) < 4.78 is 5.70. The number of nitrogens with one attached hydrogen (secondary N) is 1. The van der Waals surface area contributed by atoms with Crippen molar-refractivity contribution in [3.8, 4) is 11.5 Å². The van der Waals surface area contributed by atoms with Gasteiger partial charge in [0.15, 0.2) is 17.3 Å². The number of halogens is 3. The molecule has 0 spiro atoms. The van der Waals surface area contributed by atoms with E-state index in [1.165, 1.54) is 13.2 Å². The first kappa shape index (κ1) is 17.8. The molecule has 1 aromatic heterocycles. The smallest absolute Gasteiger partial charge is 0.259 e. The maximum atomic E-state index is 12.2. The number of aromatic nitrogens is 2. The minimum absolute atomic E-state index is 0.00300. The van der Waals surface area contributed by atoms with Gasteiger partial charge in [-0.25, -0.2) is 4.98 Å². The molecule has 0 unspecified atom stereocenters. The molecule has 0 fully saturated rings. The summed E-state index contributed by atoms with van der Waals surface area (Å²) in [4.78, 5) is 19.2. The van der Waals surface area contributed by atoms with Gasteiger partial charge in [-0.1, -0.05) is 39.1 Å². The van der Waals surface area contributed by atoms with Crippen LogP contribution in [0.15, 0.2) is 39.6 Å². The van der Waals surface area contributed by atoms with E-state index in [0.29, 0.717) is 31.7 Å². The molecule has 0 atom stereocenters. The first-order chi connectivity index (χ1) is 11.9. The molecule has 128 valence electrons. The van der Waals surface area contributed by atoms with Gasteiger partial charge in [0.05, 0.1) is 23.0 Å². The third-order valence-electron chi connectivity index (χ3n) is 3.47. The molecule has 0 saturated carbocycles. The Hall–Kier alpha value is -2.02. The number of hydrogen-bond acceptors (Lipinski definition) is 4. The lowest BCUT2D eigenvalue weighted by Gasteiger charge is -2.07. The fourth-order valence-electron chi connectivity index (χ4n) is 2.26. The van der Waals surface area contributed by atoms with Crippen LogP contribution in [0.1, 0.15) is 11.4 Å². The zero-order valence-electron chi connectivity index (χ0n) is 12.8. The van der Waals surface area contributed by atoms with E-state index < -0.39 is 0 Å². The molecule has 0 aliphatic rings. The predicted molar refractivity (Wildman–Crippen MR) is 103 cm³/mol. The number of rotatable bonds is 3. The molecular formula is C17H11BrCl2N2O3. The van der Waals surface area contributed by atoms with Gasteiger partial charge < -0.3 is 14.8 Å². The normalized spacial score (nSPS) is 11.8. The molecule has 0 aliphatic heterocycles. The Balaban J connectivity index is 2.11. The number of aromatic amines is 1. The lowest BCUT2D eigenvalue weighted by molar-refractivity contribution is 0.373. The number of methoxy groups -OCH3 is 1. The quantitative estimate of drug-likeness (QED) is 0.612. The summed E-state index contributed by atoms with van der Waals surface area (Å²) in [5.41, 5.74) is 0.798. The van der Waals surface area contributed by atoms with E-state index in [4.69, 9.17) is 27.9 Å². The van der Waals surface area contributed by atoms with Crippen LogP contribution in [0.4, 0.5) is 0 Å². The molecule has 0 amide bonds. The van der Waals surface area contributed by atoms with Crippen molar-refractivity contribution in [1.82, 2.24) is 9.97 Å². The average molecular weight is 442 g/mol. The highest BCUT2D eigenvalue weighted by Gasteiger charge is 2.11. The third-order valence-corrected chi connectivity index (χ3v) is 4.68. The van der Waals surface area contributed by atoms with Crippen molar-refractivity contribution in [2.45, 2.75) is 0 Å². The van der Waals surface area contributed by atoms with E-state index in [-0.39, 0.29) is 22.2 Å². The summed E-state index contributed by atoms with van der Waals surface area (Å²) in [6, 6.07) is 7.96. The SMILES string of the molecule is COc1cc(C=C(Cl)c2nc3ccc(Cl)cc3c(=O)[nH]2)c(Br)cc1O. The standard InChI is InChI=1S/C17H11BrCl2N2O3/c1-25-15-5-8(11(18)7-14(15)23)4-12(20)16-21-13-3-2-9(19)6-10(13)17(24)22-16/h2-7,23H,1H3,(H,21,22,24). The third kappa shape index (κ3) is 3.66. The molecule has 3 rings (SSSR count). The van der Waals surface area contributed by atoms with E-state index in [1.54, 1.807) is 30.3 Å². The van der Waals surface area contributed by atoms with Crippen LogP contribution in [0.25, 0.3) is 22.0 Å². The van der Waals surface area contributed by atoms with Crippen molar-refractivity contribution in [3.63, 3.8) is 0 Å². The molecule has 5 nitrogen and oxygen atoms in total. The van der Waals surface area contributed by atoms with Crippen molar-refractivity contribution < 1.29 is 9.84 Å². The Morgan fingerprint density at radius 1 is 1.36 bits per heavy atom. The van der Waals surface area contributed by atoms with Crippen LogP contribution in [0.3, 0.4) is 0 Å². The van der Waals surface area contributed by atoms with Gasteiger partial charge >= 0.3 is 0 Å². The fourth-order valence-corrected chi connectivity index (χ4v) is 3.09. The van der Waals surface area contributed by atoms with Gasteiger partial charge in [0.25, 0.3) is 5.56 Å². The van der Waals surface area contributed by atoms with Gasteiger partial charge in [-0.15, -0.1) is 0 Å². The molecule has 0 bridgehead atoms. The molecular weight excluding hydrogens is 431 g/mol. The largest absolute Gasteiger partial charge is 0.504 e. The van der Waals surface area contributed by atoms with Gasteiger partial charge in [0.2, 0.25) is 0 Å². The van der Waals surface area contributed by atoms with Crippen molar-refractivity contribution >= 4 is 61.1 Å². The monoisotopic (exact) mass is 440 g/mol. The number of fused-ring (bicyclic) bond motifs is 1. The van der Waals surface area contributed by atoms with Gasteiger partial charge in [-0.05, 0) is 42.0 Å². The average Bonchev–Trinajstić information content (AvgIpc) is 2.57. The number of H-pyrrole nitrogens is 1. The van der Waals surface area contributed by atoms with Crippen LogP contribution in [0.2, 0.25) is 5.02 Å². The maximum Gasteiger partial charge on any atom is 0.259 e. The van der Waals surface area contributed by atoms with Crippen molar-refractivity contribution in [3.05, 3.63) is 61.6 Å². The molecule has 0 radical (unpaired) electrons. The molecule has 0 aliphatic carbocycles. The lowest BCUT2D eigenvalue weighted by Crippen LogP contribution is -2.10. The second kappa shape index (κ2) is 7.07. The molecule has 3 aromatic rings. The molecule has 2 N–H and O–H groups in total. The van der Waals surface area contributed by atoms with Gasteiger partial charge in [-0.3, -0.25) is 4.79 Å². The molecule has 1 heterocycles. The number of ether oxygens (including phenoxy) is 1. The van der Waals surface area contributed by atoms with Gasteiger partial charge in [0.1, 0.15) is 0 Å². The molecule has 25 heavy (non-hydrogen) atoms. The van der Waals surface area contributed by atoms with Crippen LogP contribution in [-0.4, -0.2) is 22.2 Å². The minimum Gasteiger partial charge on any atom is -0.504 e. The minimum atomic E-state index is -0.337. The van der Waals surface area contributed by atoms with E-state index in [0.717, 1.165) is 0 Å². The topological polar surface area (TPSA) is 75.2 Å². The van der Waals surface area contributed by atoms with Gasteiger partial charge in [-0.2, -0.15) is 0 Å². The molecule has 2 aromatic carbocycles. The number of aromatic hydroxyl groups is 1. The zero-order chi connectivity index (χ0) is 18.1. The first-order valence-corrected chi connectivity index (χ1v) is 8.57. The molecule has 8 heteroatoms. The summed E-state index contributed by atoms with van der Waals surface area (Å²) in [5.74, 6) is 0.519. The first-order valence-electron chi connectivity index (χ1n) is 7.02. The Kier molecular flexibility index (Phi) is 5.03. The van der Waals surface area contributed by atoms with Crippen LogP contribution in [-0.2, 0) is 0 Å². The second-order valence-electron chi connectivity index (χ2n) is 5.11. The Morgan fingerprint density at radius 2 is 2.12 bits per heavy atom. The summed E-state index contributed by atoms with van der Waals surface area (Å²) in [6.07, 6.45) is 1.60. The Morgan fingerprint density at radius 3 is 2.84 bits per heavy atom. The Labute approximate surface area is 161 Å². The highest BCUT2D eigenvalue weighted by Crippen LogP contribution is 2.34. The summed E-state index contributed by atoms with van der Waals surface area (Å²) in [5, 5.41) is 10.8. The van der Waals surface area contributed by atoms with E-state index >= 15 is 0 Å². The summed E-state index contributed by atoms with van der Waals surface area (Å²) >= 11 is 15.6. The Bertz CT molecular complexity index is 1060.